The van der Waals surface area contributed by atoms with Crippen molar-refractivity contribution in [3.8, 4) is 69.0 Å². The molecule has 0 heterocycles. The fraction of sp³-hybridized carbons (Fsp3) is 0.152. The highest BCUT2D eigenvalue weighted by atomic mass is 27.2. The van der Waals surface area contributed by atoms with Crippen LogP contribution in [0.15, 0.2) is 224 Å². The maximum Gasteiger partial charge on any atom is 0.411 e. The van der Waals surface area contributed by atoms with Gasteiger partial charge in [0, 0.05) is 22.7 Å². The Morgan fingerprint density at radius 2 is 0.598 bits per heavy atom. The minimum atomic E-state index is -0.471. The summed E-state index contributed by atoms with van der Waals surface area (Å²) < 4.78 is 48.1. The van der Waals surface area contributed by atoms with E-state index >= 15 is 0 Å². The molecule has 0 aromatic heterocycles. The van der Waals surface area contributed by atoms with Crippen molar-refractivity contribution in [1.29, 1.82) is 0 Å². The number of aryl methyl sites for hydroxylation is 1. The van der Waals surface area contributed by atoms with Crippen LogP contribution in [0.1, 0.15) is 12.5 Å². The molecule has 0 radical (unpaired) electrons. The Bertz CT molecular complexity index is 3110. The van der Waals surface area contributed by atoms with E-state index in [9.17, 15) is 9.59 Å². The van der Waals surface area contributed by atoms with Crippen LogP contribution in [0, 0.1) is 6.92 Å². The normalized spacial score (nSPS) is 9.72. The molecule has 424 valence electrons. The maximum atomic E-state index is 12.3. The summed E-state index contributed by atoms with van der Waals surface area (Å²) >= 11 is -0.139. The summed E-state index contributed by atoms with van der Waals surface area (Å²) in [5, 5.41) is 8.21. The van der Waals surface area contributed by atoms with E-state index < -0.39 is 6.09 Å². The smallest absolute Gasteiger partial charge is 0.411 e. The average Bonchev–Trinajstić information content (AvgIpc) is 3.50. The van der Waals surface area contributed by atoms with E-state index in [1.54, 1.807) is 120 Å². The van der Waals surface area contributed by atoms with Crippen molar-refractivity contribution in [1.82, 2.24) is 0 Å². The predicted octanol–water partition coefficient (Wildman–Crippen LogP) is 17.4. The van der Waals surface area contributed by atoms with Gasteiger partial charge < -0.3 is 59.0 Å². The second-order valence-corrected chi connectivity index (χ2v) is 21.5. The summed E-state index contributed by atoms with van der Waals surface area (Å²) in [6.07, 6.45) is -0.471. The second kappa shape index (κ2) is 35.0. The van der Waals surface area contributed by atoms with E-state index in [1.807, 2.05) is 127 Å². The molecule has 0 atom stereocenters. The van der Waals surface area contributed by atoms with Crippen LogP contribution in [-0.4, -0.2) is 61.3 Å². The molecule has 0 aliphatic carbocycles. The van der Waals surface area contributed by atoms with Crippen molar-refractivity contribution in [3.63, 3.8) is 0 Å². The monoisotopic (exact) mass is 1120 g/mol. The van der Waals surface area contributed by atoms with Gasteiger partial charge in [-0.15, -0.1) is 17.4 Å². The third-order valence-corrected chi connectivity index (χ3v) is 10.6. The standard InChI is InChI=1S/C27H24N2O5.C16H17NO4.C13H13NO2.C7H8.3CH3.Al/c1-31-21-11-15-25(16-12-21)33-23-7-3-19(4-8-23)28-27(30)29-20-5-9-24(10-6-20)34-26-17-13-22(32-2)14-18-26;1-3-20-16(18)17-12-4-6-14(7-5-12)21-15-10-8-13(19-2)9-11-15;1-15-11-6-8-13(9-7-11)16-12-4-2-10(14)3-5-12;1-7-5-3-2-4-6-7;;;;/h3-18H,1-2H3,(H2,28,29,30);4-11H,3H2,1-2H3,(H,17,18);2-9H,14H2,1H3;2-6H,1H3;3*1H3;. The van der Waals surface area contributed by atoms with Crippen LogP contribution in [0.2, 0.25) is 17.4 Å². The van der Waals surface area contributed by atoms with Gasteiger partial charge in [0.15, 0.2) is 0 Å². The molecular weight excluding hydrogens is 1050 g/mol. The molecule has 0 fully saturated rings. The number of carbonyl (C=O) groups is 2. The summed E-state index contributed by atoms with van der Waals surface area (Å²) in [4.78, 5) is 23.6. The number of anilines is 4. The van der Waals surface area contributed by atoms with Crippen LogP contribution in [-0.2, 0) is 4.74 Å². The number of methoxy groups -OCH3 is 4. The molecule has 0 spiro atoms. The number of amides is 3. The van der Waals surface area contributed by atoms with Crippen molar-refractivity contribution >= 4 is 49.0 Å². The zero-order chi connectivity index (χ0) is 58.9. The molecule has 0 saturated carbocycles. The minimum Gasteiger partial charge on any atom is -0.497 e. The Kier molecular flexibility index (Phi) is 26.9. The van der Waals surface area contributed by atoms with E-state index in [0.717, 1.165) is 40.2 Å². The first kappa shape index (κ1) is 63.1. The fourth-order valence-electron chi connectivity index (χ4n) is 6.59. The summed E-state index contributed by atoms with van der Waals surface area (Å²) in [5.41, 5.74) is 9.56. The summed E-state index contributed by atoms with van der Waals surface area (Å²) in [6.45, 7) is 4.18. The number of nitrogens with two attached hydrogens (primary N) is 1. The minimum absolute atomic E-state index is 0.139. The van der Waals surface area contributed by atoms with Crippen molar-refractivity contribution < 1.29 is 52.2 Å². The SMILES string of the molecule is CCOC(=O)Nc1ccc(Oc2ccc(OC)cc2)cc1.COc1ccc(Oc2ccc(N)cc2)cc1.COc1ccc(Oc2ccc(NC(=O)Nc3ccc(Oc4ccc(OC)cc4)cc3)cc2)cc1.Cc1ccccc1.[CH3][Al]([CH3])[CH3]. The number of ether oxygens (including phenoxy) is 9. The zero-order valence-electron chi connectivity index (χ0n) is 47.7. The molecule has 9 aromatic carbocycles. The van der Waals surface area contributed by atoms with Crippen LogP contribution in [0.25, 0.3) is 0 Å². The number of hydrogen-bond donors (Lipinski definition) is 4. The molecule has 0 aliphatic heterocycles. The number of carbonyl (C=O) groups excluding carboxylic acids is 2. The van der Waals surface area contributed by atoms with Gasteiger partial charge in [-0.25, -0.2) is 9.59 Å². The van der Waals surface area contributed by atoms with Crippen LogP contribution in [0.5, 0.6) is 69.0 Å². The van der Waals surface area contributed by atoms with Crippen molar-refractivity contribution in [2.75, 3.05) is 56.7 Å². The first-order valence-electron chi connectivity index (χ1n) is 26.2. The van der Waals surface area contributed by atoms with Gasteiger partial charge in [-0.1, -0.05) is 35.9 Å². The van der Waals surface area contributed by atoms with Crippen LogP contribution >= 0.6 is 0 Å². The second-order valence-electron chi connectivity index (χ2n) is 18.1. The van der Waals surface area contributed by atoms with E-state index in [4.69, 9.17) is 48.4 Å². The topological polar surface area (TPSA) is 179 Å². The Labute approximate surface area is 485 Å². The van der Waals surface area contributed by atoms with E-state index in [0.29, 0.717) is 58.2 Å². The predicted molar refractivity (Wildman–Crippen MR) is 330 cm³/mol. The summed E-state index contributed by atoms with van der Waals surface area (Å²) in [5.74, 6) is 15.6. The molecule has 16 heteroatoms. The molecular formula is C66H71AlN4O11. The van der Waals surface area contributed by atoms with Gasteiger partial charge in [0.05, 0.1) is 35.0 Å². The Morgan fingerprint density at radius 3 is 0.829 bits per heavy atom. The number of benzene rings is 9. The van der Waals surface area contributed by atoms with Crippen LogP contribution in [0.4, 0.5) is 32.3 Å². The number of urea groups is 1. The van der Waals surface area contributed by atoms with Gasteiger partial charge in [0.1, 0.15) is 69.0 Å². The van der Waals surface area contributed by atoms with Crippen molar-refractivity contribution in [3.05, 3.63) is 230 Å². The largest absolute Gasteiger partial charge is 0.497 e. The van der Waals surface area contributed by atoms with E-state index in [-0.39, 0.29) is 20.2 Å². The molecule has 3 amide bonds. The zero-order valence-corrected chi connectivity index (χ0v) is 48.9. The highest BCUT2D eigenvalue weighted by molar-refractivity contribution is 6.54. The lowest BCUT2D eigenvalue weighted by Crippen LogP contribution is -2.19. The summed E-state index contributed by atoms with van der Waals surface area (Å²) in [7, 11) is 6.48. The average molecular weight is 1120 g/mol. The van der Waals surface area contributed by atoms with Crippen LogP contribution < -0.4 is 59.6 Å². The van der Waals surface area contributed by atoms with Gasteiger partial charge in [-0.2, -0.15) is 0 Å². The van der Waals surface area contributed by atoms with E-state index in [1.165, 1.54) is 5.56 Å². The van der Waals surface area contributed by atoms with Gasteiger partial charge in [0.25, 0.3) is 14.1 Å². The van der Waals surface area contributed by atoms with Gasteiger partial charge in [-0.3, -0.25) is 5.32 Å². The molecule has 15 nitrogen and oxygen atoms in total. The lowest BCUT2D eigenvalue weighted by Gasteiger charge is -2.10. The Morgan fingerprint density at radius 1 is 0.366 bits per heavy atom. The van der Waals surface area contributed by atoms with Crippen molar-refractivity contribution in [2.45, 2.75) is 31.2 Å². The number of rotatable bonds is 16. The molecule has 9 aromatic rings. The number of nitrogens with one attached hydrogen (secondary N) is 3. The highest BCUT2D eigenvalue weighted by Crippen LogP contribution is 2.29. The maximum absolute atomic E-state index is 12.3. The Hall–Kier alpha value is -9.75. The number of nitrogen functional groups attached to an aromatic ring is 1. The highest BCUT2D eigenvalue weighted by Gasteiger charge is 2.07. The van der Waals surface area contributed by atoms with Gasteiger partial charge in [0.2, 0.25) is 0 Å². The van der Waals surface area contributed by atoms with E-state index in [2.05, 4.69) is 52.4 Å². The van der Waals surface area contributed by atoms with Crippen LogP contribution in [0.3, 0.4) is 0 Å². The molecule has 0 unspecified atom stereocenters. The molecule has 0 saturated heterocycles. The van der Waals surface area contributed by atoms with Gasteiger partial charge >= 0.3 is 12.1 Å². The first-order valence-corrected chi connectivity index (χ1v) is 29.7. The molecule has 5 N–H and O–H groups in total. The lowest BCUT2D eigenvalue weighted by molar-refractivity contribution is 0.168. The number of hydrogen-bond acceptors (Lipinski definition) is 12. The Balaban J connectivity index is 0.000000218. The lowest BCUT2D eigenvalue weighted by atomic mass is 10.2. The third kappa shape index (κ3) is 24.5. The van der Waals surface area contributed by atoms with Crippen molar-refractivity contribution in [2.24, 2.45) is 0 Å². The summed E-state index contributed by atoms with van der Waals surface area (Å²) in [6, 6.07) is 67.7. The molecule has 9 rings (SSSR count). The molecule has 0 aliphatic rings. The quantitative estimate of drug-likeness (QED) is 0.0532. The fourth-order valence-corrected chi connectivity index (χ4v) is 6.59. The van der Waals surface area contributed by atoms with Gasteiger partial charge in [-0.05, 0) is 208 Å². The first-order chi connectivity index (χ1) is 39.7. The molecule has 0 bridgehead atoms. The molecule has 82 heavy (non-hydrogen) atoms. The third-order valence-electron chi connectivity index (χ3n) is 10.6.